The second-order valence-corrected chi connectivity index (χ2v) is 7.18. The molecule has 0 saturated heterocycles. The van der Waals surface area contributed by atoms with Crippen molar-refractivity contribution in [3.05, 3.63) is 69.4 Å². The number of aromatic nitrogens is 2. The number of methoxy groups -OCH3 is 1. The summed E-state index contributed by atoms with van der Waals surface area (Å²) in [5.74, 6) is 0. The molecule has 0 saturated carbocycles. The van der Waals surface area contributed by atoms with Gasteiger partial charge in [-0.25, -0.2) is 4.68 Å². The van der Waals surface area contributed by atoms with Crippen molar-refractivity contribution in [2.24, 2.45) is 0 Å². The van der Waals surface area contributed by atoms with Gasteiger partial charge < -0.3 is 4.74 Å². The number of benzene rings is 2. The van der Waals surface area contributed by atoms with E-state index in [9.17, 15) is 4.79 Å². The summed E-state index contributed by atoms with van der Waals surface area (Å²) in [6.45, 7) is 0.265. The van der Waals surface area contributed by atoms with Crippen LogP contribution in [0.25, 0.3) is 22.4 Å². The molecule has 0 N–H and O–H groups in total. The van der Waals surface area contributed by atoms with Crippen LogP contribution < -0.4 is 5.43 Å². The van der Waals surface area contributed by atoms with E-state index in [0.29, 0.717) is 5.56 Å². The molecule has 0 aliphatic heterocycles. The van der Waals surface area contributed by atoms with Gasteiger partial charge in [-0.3, -0.25) is 4.79 Å². The van der Waals surface area contributed by atoms with Crippen molar-refractivity contribution in [2.75, 3.05) is 13.4 Å². The summed E-state index contributed by atoms with van der Waals surface area (Å²) in [5, 5.41) is 4.25. The SMILES string of the molecule is COCn1ncc(=O)c(-c2ccc(SC)cc2)c1-c1ccc(Br)cc1. The van der Waals surface area contributed by atoms with Crippen LogP contribution >= 0.6 is 27.7 Å². The van der Waals surface area contributed by atoms with Crippen LogP contribution in [-0.4, -0.2) is 23.1 Å². The second kappa shape index (κ2) is 7.99. The lowest BCUT2D eigenvalue weighted by Crippen LogP contribution is -2.17. The lowest BCUT2D eigenvalue weighted by Gasteiger charge is -2.16. The number of nitrogens with zero attached hydrogens (tertiary/aromatic N) is 2. The third kappa shape index (κ3) is 3.86. The third-order valence-corrected chi connectivity index (χ3v) is 5.08. The van der Waals surface area contributed by atoms with Gasteiger partial charge in [0.05, 0.1) is 17.5 Å². The molecule has 0 aliphatic rings. The Bertz CT molecular complexity index is 922. The fraction of sp³-hybridized carbons (Fsp3) is 0.158. The summed E-state index contributed by atoms with van der Waals surface area (Å²) >= 11 is 5.12. The number of ether oxygens (including phenoxy) is 1. The first-order valence-corrected chi connectivity index (χ1v) is 9.65. The Kier molecular flexibility index (Phi) is 5.73. The van der Waals surface area contributed by atoms with E-state index in [1.807, 2.05) is 54.8 Å². The van der Waals surface area contributed by atoms with Gasteiger partial charge in [-0.05, 0) is 36.1 Å². The highest BCUT2D eigenvalue weighted by molar-refractivity contribution is 9.10. The Balaban J connectivity index is 2.26. The van der Waals surface area contributed by atoms with E-state index in [4.69, 9.17) is 4.74 Å². The lowest BCUT2D eigenvalue weighted by molar-refractivity contribution is 0.121. The predicted octanol–water partition coefficient (Wildman–Crippen LogP) is 4.67. The van der Waals surface area contributed by atoms with Crippen molar-refractivity contribution in [3.63, 3.8) is 0 Å². The largest absolute Gasteiger partial charge is 0.362 e. The predicted molar refractivity (Wildman–Crippen MR) is 106 cm³/mol. The zero-order valence-corrected chi connectivity index (χ0v) is 16.3. The lowest BCUT2D eigenvalue weighted by atomic mass is 9.99. The van der Waals surface area contributed by atoms with Gasteiger partial charge in [0.1, 0.15) is 6.73 Å². The Morgan fingerprint density at radius 1 is 1.08 bits per heavy atom. The number of halogens is 1. The van der Waals surface area contributed by atoms with E-state index in [1.54, 1.807) is 23.6 Å². The van der Waals surface area contributed by atoms with Crippen LogP contribution in [0.2, 0.25) is 0 Å². The fourth-order valence-electron chi connectivity index (χ4n) is 2.65. The van der Waals surface area contributed by atoms with Crippen molar-refractivity contribution in [1.82, 2.24) is 9.78 Å². The minimum absolute atomic E-state index is 0.109. The normalized spacial score (nSPS) is 10.8. The molecule has 1 heterocycles. The van der Waals surface area contributed by atoms with Gasteiger partial charge in [-0.15, -0.1) is 11.8 Å². The highest BCUT2D eigenvalue weighted by Gasteiger charge is 2.16. The molecule has 0 amide bonds. The molecule has 0 unspecified atom stereocenters. The van der Waals surface area contributed by atoms with Gasteiger partial charge in [-0.2, -0.15) is 5.10 Å². The summed E-state index contributed by atoms with van der Waals surface area (Å²) in [4.78, 5) is 13.8. The zero-order chi connectivity index (χ0) is 17.8. The number of hydrogen-bond donors (Lipinski definition) is 0. The Hall–Kier alpha value is -1.89. The molecule has 6 heteroatoms. The average Bonchev–Trinajstić information content (AvgIpc) is 2.64. The first kappa shape index (κ1) is 17.9. The first-order valence-electron chi connectivity index (χ1n) is 7.63. The van der Waals surface area contributed by atoms with E-state index < -0.39 is 0 Å². The van der Waals surface area contributed by atoms with E-state index >= 15 is 0 Å². The van der Waals surface area contributed by atoms with E-state index in [-0.39, 0.29) is 12.2 Å². The number of rotatable bonds is 5. The van der Waals surface area contributed by atoms with Crippen LogP contribution in [0.3, 0.4) is 0 Å². The van der Waals surface area contributed by atoms with Gasteiger partial charge in [0.2, 0.25) is 5.43 Å². The fourth-order valence-corrected chi connectivity index (χ4v) is 3.32. The van der Waals surface area contributed by atoms with Crippen molar-refractivity contribution in [3.8, 4) is 22.4 Å². The molecule has 3 aromatic rings. The van der Waals surface area contributed by atoms with E-state index in [1.165, 1.54) is 6.20 Å². The minimum Gasteiger partial charge on any atom is -0.362 e. The van der Waals surface area contributed by atoms with Crippen LogP contribution in [0, 0.1) is 0 Å². The van der Waals surface area contributed by atoms with Crippen LogP contribution in [0.5, 0.6) is 0 Å². The van der Waals surface area contributed by atoms with Gasteiger partial charge in [0.25, 0.3) is 0 Å². The van der Waals surface area contributed by atoms with Crippen molar-refractivity contribution in [1.29, 1.82) is 0 Å². The quantitative estimate of drug-likeness (QED) is 0.567. The van der Waals surface area contributed by atoms with Gasteiger partial charge in [0, 0.05) is 22.0 Å². The minimum atomic E-state index is -0.109. The molecule has 2 aromatic carbocycles. The maximum Gasteiger partial charge on any atom is 0.208 e. The molecule has 3 rings (SSSR count). The molecule has 0 bridgehead atoms. The van der Waals surface area contributed by atoms with Crippen molar-refractivity contribution in [2.45, 2.75) is 11.6 Å². The Labute approximate surface area is 159 Å². The standard InChI is InChI=1S/C19H17BrN2O2S/c1-24-12-22-19(14-3-7-15(20)8-4-14)18(17(23)11-21-22)13-5-9-16(25-2)10-6-13/h3-11H,12H2,1-2H3. The van der Waals surface area contributed by atoms with Crippen LogP contribution in [0.15, 0.2) is 68.9 Å². The summed E-state index contributed by atoms with van der Waals surface area (Å²) in [6, 6.07) is 15.8. The maximum absolute atomic E-state index is 12.7. The summed E-state index contributed by atoms with van der Waals surface area (Å²) in [7, 11) is 1.61. The molecule has 0 spiro atoms. The summed E-state index contributed by atoms with van der Waals surface area (Å²) < 4.78 is 7.96. The number of hydrogen-bond acceptors (Lipinski definition) is 4. The molecule has 128 valence electrons. The highest BCUT2D eigenvalue weighted by Crippen LogP contribution is 2.31. The maximum atomic E-state index is 12.7. The molecular weight excluding hydrogens is 400 g/mol. The average molecular weight is 417 g/mol. The first-order chi connectivity index (χ1) is 12.1. The van der Waals surface area contributed by atoms with E-state index in [0.717, 1.165) is 26.2 Å². The topological polar surface area (TPSA) is 44.1 Å². The molecule has 0 atom stereocenters. The van der Waals surface area contributed by atoms with Gasteiger partial charge in [0.15, 0.2) is 0 Å². The molecule has 25 heavy (non-hydrogen) atoms. The molecule has 4 nitrogen and oxygen atoms in total. The molecule has 0 aliphatic carbocycles. The summed E-state index contributed by atoms with van der Waals surface area (Å²) in [6.07, 6.45) is 3.37. The molecular formula is C19H17BrN2O2S. The third-order valence-electron chi connectivity index (χ3n) is 3.80. The molecule has 0 radical (unpaired) electrons. The van der Waals surface area contributed by atoms with Crippen molar-refractivity contribution < 1.29 is 4.74 Å². The van der Waals surface area contributed by atoms with Crippen LogP contribution in [-0.2, 0) is 11.5 Å². The molecule has 1 aromatic heterocycles. The zero-order valence-electron chi connectivity index (χ0n) is 13.9. The second-order valence-electron chi connectivity index (χ2n) is 5.39. The Morgan fingerprint density at radius 3 is 2.32 bits per heavy atom. The van der Waals surface area contributed by atoms with Gasteiger partial charge in [-0.1, -0.05) is 40.2 Å². The van der Waals surface area contributed by atoms with Crippen LogP contribution in [0.1, 0.15) is 0 Å². The number of thioether (sulfide) groups is 1. The summed E-state index contributed by atoms with van der Waals surface area (Å²) in [5.41, 5.74) is 3.05. The Morgan fingerprint density at radius 2 is 1.72 bits per heavy atom. The highest BCUT2D eigenvalue weighted by atomic mass is 79.9. The van der Waals surface area contributed by atoms with Crippen molar-refractivity contribution >= 4 is 27.7 Å². The monoisotopic (exact) mass is 416 g/mol. The van der Waals surface area contributed by atoms with Gasteiger partial charge >= 0.3 is 0 Å². The van der Waals surface area contributed by atoms with E-state index in [2.05, 4.69) is 21.0 Å². The molecule has 0 fully saturated rings. The smallest absolute Gasteiger partial charge is 0.208 e. The van der Waals surface area contributed by atoms with Crippen LogP contribution in [0.4, 0.5) is 0 Å².